The van der Waals surface area contributed by atoms with Gasteiger partial charge in [0.25, 0.3) is 5.91 Å². The Balaban J connectivity index is 2.08. The second-order valence-electron chi connectivity index (χ2n) is 5.31. The van der Waals surface area contributed by atoms with Crippen molar-refractivity contribution in [1.82, 2.24) is 15.1 Å². The lowest BCUT2D eigenvalue weighted by Gasteiger charge is -2.25. The van der Waals surface area contributed by atoms with Gasteiger partial charge in [0.15, 0.2) is 0 Å². The molecule has 1 heterocycles. The van der Waals surface area contributed by atoms with Gasteiger partial charge in [0.05, 0.1) is 5.69 Å². The van der Waals surface area contributed by atoms with Gasteiger partial charge < -0.3 is 10.4 Å². The molecule has 0 aliphatic carbocycles. The third-order valence-electron chi connectivity index (χ3n) is 3.09. The summed E-state index contributed by atoms with van der Waals surface area (Å²) in [6.45, 7) is 3.82. The van der Waals surface area contributed by atoms with Crippen molar-refractivity contribution in [2.75, 3.05) is 6.61 Å². The number of amides is 1. The molecule has 0 atom stereocenters. The zero-order chi connectivity index (χ0) is 14.6. The van der Waals surface area contributed by atoms with E-state index in [1.165, 1.54) is 0 Å². The maximum atomic E-state index is 12.1. The Hall–Kier alpha value is -2.14. The Morgan fingerprint density at radius 3 is 2.60 bits per heavy atom. The summed E-state index contributed by atoms with van der Waals surface area (Å²) < 4.78 is 1.73. The van der Waals surface area contributed by atoms with Crippen LogP contribution < -0.4 is 5.32 Å². The first-order chi connectivity index (χ1) is 9.52. The van der Waals surface area contributed by atoms with E-state index < -0.39 is 5.54 Å². The van der Waals surface area contributed by atoms with E-state index in [0.717, 1.165) is 5.69 Å². The van der Waals surface area contributed by atoms with Gasteiger partial charge in [-0.25, -0.2) is 4.68 Å². The smallest absolute Gasteiger partial charge is 0.251 e. The molecule has 0 aliphatic heterocycles. The lowest BCUT2D eigenvalue weighted by atomic mass is 10.0. The Labute approximate surface area is 118 Å². The molecule has 5 nitrogen and oxygen atoms in total. The Morgan fingerprint density at radius 1 is 1.35 bits per heavy atom. The van der Waals surface area contributed by atoms with Gasteiger partial charge in [0.1, 0.15) is 0 Å². The van der Waals surface area contributed by atoms with Gasteiger partial charge in [-0.3, -0.25) is 4.79 Å². The maximum Gasteiger partial charge on any atom is 0.251 e. The molecule has 0 radical (unpaired) electrons. The summed E-state index contributed by atoms with van der Waals surface area (Å²) in [6.07, 6.45) is 4.07. The lowest BCUT2D eigenvalue weighted by molar-refractivity contribution is 0.0899. The third-order valence-corrected chi connectivity index (χ3v) is 3.09. The number of rotatable bonds is 5. The summed E-state index contributed by atoms with van der Waals surface area (Å²) in [5, 5.41) is 16.0. The summed E-state index contributed by atoms with van der Waals surface area (Å²) in [4.78, 5) is 12.1. The van der Waals surface area contributed by atoms with E-state index in [1.54, 1.807) is 23.0 Å². The summed E-state index contributed by atoms with van der Waals surface area (Å²) >= 11 is 0. The number of nitrogens with zero attached hydrogens (tertiary/aromatic N) is 2. The average Bonchev–Trinajstić information content (AvgIpc) is 2.92. The van der Waals surface area contributed by atoms with Crippen LogP contribution in [0.25, 0.3) is 5.69 Å². The quantitative estimate of drug-likeness (QED) is 0.872. The fourth-order valence-corrected chi connectivity index (χ4v) is 1.91. The minimum absolute atomic E-state index is 0.0471. The molecule has 1 aromatic heterocycles. The first kappa shape index (κ1) is 14.3. The Kier molecular flexibility index (Phi) is 4.20. The topological polar surface area (TPSA) is 67.2 Å². The van der Waals surface area contributed by atoms with E-state index in [2.05, 4.69) is 10.4 Å². The number of benzene rings is 1. The van der Waals surface area contributed by atoms with E-state index in [1.807, 2.05) is 38.2 Å². The van der Waals surface area contributed by atoms with Gasteiger partial charge in [-0.05, 0) is 50.6 Å². The van der Waals surface area contributed by atoms with E-state index in [9.17, 15) is 4.79 Å². The second-order valence-corrected chi connectivity index (χ2v) is 5.31. The van der Waals surface area contributed by atoms with Gasteiger partial charge in [-0.2, -0.15) is 5.10 Å². The van der Waals surface area contributed by atoms with E-state index in [4.69, 9.17) is 5.11 Å². The van der Waals surface area contributed by atoms with Gasteiger partial charge >= 0.3 is 0 Å². The number of aliphatic hydroxyl groups excluding tert-OH is 1. The first-order valence-electron chi connectivity index (χ1n) is 6.55. The summed E-state index contributed by atoms with van der Waals surface area (Å²) in [7, 11) is 0. The van der Waals surface area contributed by atoms with Crippen LogP contribution in [0.15, 0.2) is 42.7 Å². The standard InChI is InChI=1S/C15H19N3O2/c1-15(2,8-11-19)17-14(20)12-4-6-13(7-5-12)18-10-3-9-16-18/h3-7,9-10,19H,8,11H2,1-2H3,(H,17,20). The molecule has 0 saturated heterocycles. The minimum atomic E-state index is -0.424. The molecular formula is C15H19N3O2. The highest BCUT2D eigenvalue weighted by molar-refractivity contribution is 5.94. The number of aliphatic hydroxyl groups is 1. The monoisotopic (exact) mass is 273 g/mol. The summed E-state index contributed by atoms with van der Waals surface area (Å²) in [6, 6.07) is 9.07. The van der Waals surface area contributed by atoms with Crippen LogP contribution in [0.4, 0.5) is 0 Å². The van der Waals surface area contributed by atoms with Crippen molar-refractivity contribution in [2.45, 2.75) is 25.8 Å². The zero-order valence-electron chi connectivity index (χ0n) is 11.7. The Morgan fingerprint density at radius 2 is 2.05 bits per heavy atom. The molecule has 1 amide bonds. The van der Waals surface area contributed by atoms with Gasteiger partial charge in [0.2, 0.25) is 0 Å². The van der Waals surface area contributed by atoms with Crippen LogP contribution in [0.2, 0.25) is 0 Å². The van der Waals surface area contributed by atoms with Crippen molar-refractivity contribution in [3.05, 3.63) is 48.3 Å². The highest BCUT2D eigenvalue weighted by atomic mass is 16.3. The highest BCUT2D eigenvalue weighted by Gasteiger charge is 2.20. The summed E-state index contributed by atoms with van der Waals surface area (Å²) in [5.74, 6) is -0.143. The molecule has 5 heteroatoms. The van der Waals surface area contributed by atoms with Crippen LogP contribution >= 0.6 is 0 Å². The highest BCUT2D eigenvalue weighted by Crippen LogP contribution is 2.12. The molecule has 0 fully saturated rings. The number of aromatic nitrogens is 2. The SMILES string of the molecule is CC(C)(CCO)NC(=O)c1ccc(-n2cccn2)cc1. The van der Waals surface area contributed by atoms with Crippen molar-refractivity contribution in [2.24, 2.45) is 0 Å². The predicted molar refractivity (Wildman–Crippen MR) is 76.8 cm³/mol. The molecule has 0 bridgehead atoms. The molecular weight excluding hydrogens is 254 g/mol. The van der Waals surface area contributed by atoms with Crippen molar-refractivity contribution in [3.63, 3.8) is 0 Å². The van der Waals surface area contributed by atoms with E-state index >= 15 is 0 Å². The predicted octanol–water partition coefficient (Wildman–Crippen LogP) is 1.76. The normalized spacial score (nSPS) is 11.3. The number of nitrogens with one attached hydrogen (secondary N) is 1. The number of carbonyl (C=O) groups is 1. The molecule has 1 aromatic carbocycles. The van der Waals surface area contributed by atoms with Crippen LogP contribution in [0.5, 0.6) is 0 Å². The number of hydrogen-bond acceptors (Lipinski definition) is 3. The van der Waals surface area contributed by atoms with Crippen molar-refractivity contribution < 1.29 is 9.90 Å². The fraction of sp³-hybridized carbons (Fsp3) is 0.333. The molecule has 0 spiro atoms. The molecule has 2 rings (SSSR count). The first-order valence-corrected chi connectivity index (χ1v) is 6.55. The second kappa shape index (κ2) is 5.88. The maximum absolute atomic E-state index is 12.1. The number of carbonyl (C=O) groups excluding carboxylic acids is 1. The van der Waals surface area contributed by atoms with E-state index in [0.29, 0.717) is 12.0 Å². The van der Waals surface area contributed by atoms with Gasteiger partial charge in [-0.1, -0.05) is 0 Å². The lowest BCUT2D eigenvalue weighted by Crippen LogP contribution is -2.44. The van der Waals surface area contributed by atoms with Gasteiger partial charge in [-0.15, -0.1) is 0 Å². The van der Waals surface area contributed by atoms with E-state index in [-0.39, 0.29) is 12.5 Å². The third kappa shape index (κ3) is 3.45. The summed E-state index contributed by atoms with van der Waals surface area (Å²) in [5.41, 5.74) is 1.07. The largest absolute Gasteiger partial charge is 0.396 e. The molecule has 2 aromatic rings. The fourth-order valence-electron chi connectivity index (χ4n) is 1.91. The molecule has 106 valence electrons. The van der Waals surface area contributed by atoms with Crippen LogP contribution in [0, 0.1) is 0 Å². The van der Waals surface area contributed by atoms with Crippen LogP contribution in [0.1, 0.15) is 30.6 Å². The molecule has 0 unspecified atom stereocenters. The van der Waals surface area contributed by atoms with Crippen LogP contribution in [-0.2, 0) is 0 Å². The molecule has 2 N–H and O–H groups in total. The average molecular weight is 273 g/mol. The van der Waals surface area contributed by atoms with Crippen molar-refractivity contribution >= 4 is 5.91 Å². The number of hydrogen-bond donors (Lipinski definition) is 2. The van der Waals surface area contributed by atoms with Gasteiger partial charge in [0, 0.05) is 30.1 Å². The zero-order valence-corrected chi connectivity index (χ0v) is 11.7. The molecule has 0 saturated carbocycles. The van der Waals surface area contributed by atoms with Crippen molar-refractivity contribution in [1.29, 1.82) is 0 Å². The van der Waals surface area contributed by atoms with Crippen molar-refractivity contribution in [3.8, 4) is 5.69 Å². The van der Waals surface area contributed by atoms with Crippen LogP contribution in [-0.4, -0.2) is 32.9 Å². The molecule has 20 heavy (non-hydrogen) atoms. The molecule has 0 aliphatic rings. The minimum Gasteiger partial charge on any atom is -0.396 e. The van der Waals surface area contributed by atoms with Crippen LogP contribution in [0.3, 0.4) is 0 Å². The Bertz CT molecular complexity index is 559.